The SMILES string of the molecule is CC(=O)NC(C(=O)C(C)(C)C)C(=O)C(C)(C)C. The standard InChI is InChI=1S/C13H23NO3/c1-8(15)14-9(10(16)12(2,3)4)11(17)13(5,6)7/h9H,1-7H3,(H,14,15). The summed E-state index contributed by atoms with van der Waals surface area (Å²) in [5, 5.41) is 2.45. The third kappa shape index (κ3) is 4.67. The first kappa shape index (κ1) is 15.8. The fourth-order valence-electron chi connectivity index (χ4n) is 1.32. The summed E-state index contributed by atoms with van der Waals surface area (Å²) in [4.78, 5) is 35.4. The van der Waals surface area contributed by atoms with Gasteiger partial charge in [-0.25, -0.2) is 0 Å². The van der Waals surface area contributed by atoms with E-state index in [0.717, 1.165) is 0 Å². The predicted molar refractivity (Wildman–Crippen MR) is 66.5 cm³/mol. The molecule has 0 aliphatic heterocycles. The maximum atomic E-state index is 12.2. The van der Waals surface area contributed by atoms with Crippen LogP contribution in [-0.2, 0) is 14.4 Å². The van der Waals surface area contributed by atoms with Crippen LogP contribution in [-0.4, -0.2) is 23.5 Å². The molecule has 0 atom stereocenters. The van der Waals surface area contributed by atoms with Crippen LogP contribution in [0.2, 0.25) is 0 Å². The van der Waals surface area contributed by atoms with E-state index in [0.29, 0.717) is 0 Å². The maximum Gasteiger partial charge on any atom is 0.217 e. The second-order valence-electron chi connectivity index (χ2n) is 6.36. The van der Waals surface area contributed by atoms with Crippen molar-refractivity contribution in [2.24, 2.45) is 10.8 Å². The highest BCUT2D eigenvalue weighted by Crippen LogP contribution is 2.23. The van der Waals surface area contributed by atoms with Gasteiger partial charge in [-0.2, -0.15) is 0 Å². The molecule has 0 aromatic rings. The molecule has 0 aliphatic rings. The summed E-state index contributed by atoms with van der Waals surface area (Å²) in [5.74, 6) is -0.884. The lowest BCUT2D eigenvalue weighted by molar-refractivity contribution is -0.141. The lowest BCUT2D eigenvalue weighted by atomic mass is 9.78. The molecule has 0 bridgehead atoms. The minimum atomic E-state index is -1.05. The minimum Gasteiger partial charge on any atom is -0.340 e. The summed E-state index contributed by atoms with van der Waals surface area (Å²) in [6.07, 6.45) is 0. The Bertz CT molecular complexity index is 306. The van der Waals surface area contributed by atoms with E-state index in [4.69, 9.17) is 0 Å². The number of rotatable bonds is 3. The molecular weight excluding hydrogens is 218 g/mol. The van der Waals surface area contributed by atoms with Crippen LogP contribution in [0, 0.1) is 10.8 Å². The van der Waals surface area contributed by atoms with E-state index >= 15 is 0 Å². The minimum absolute atomic E-state index is 0.257. The highest BCUT2D eigenvalue weighted by Gasteiger charge is 2.39. The Morgan fingerprint density at radius 3 is 1.29 bits per heavy atom. The molecule has 0 unspecified atom stereocenters. The Morgan fingerprint density at radius 1 is 0.824 bits per heavy atom. The second kappa shape index (κ2) is 4.98. The van der Waals surface area contributed by atoms with Crippen molar-refractivity contribution >= 4 is 17.5 Å². The summed E-state index contributed by atoms with van der Waals surface area (Å²) in [6, 6.07) is -1.05. The van der Waals surface area contributed by atoms with E-state index in [2.05, 4.69) is 5.32 Å². The van der Waals surface area contributed by atoms with Crippen LogP contribution in [0.15, 0.2) is 0 Å². The molecule has 1 N–H and O–H groups in total. The predicted octanol–water partition coefficient (Wildman–Crippen LogP) is 1.72. The zero-order chi connectivity index (χ0) is 14.0. The van der Waals surface area contributed by atoms with Crippen molar-refractivity contribution in [1.29, 1.82) is 0 Å². The molecule has 0 radical (unpaired) electrons. The lowest BCUT2D eigenvalue weighted by Gasteiger charge is -2.28. The number of carbonyl (C=O) groups is 3. The average molecular weight is 241 g/mol. The maximum absolute atomic E-state index is 12.2. The molecule has 0 aromatic heterocycles. The van der Waals surface area contributed by atoms with Crippen molar-refractivity contribution in [1.82, 2.24) is 5.32 Å². The highest BCUT2D eigenvalue weighted by molar-refractivity contribution is 6.11. The van der Waals surface area contributed by atoms with Crippen LogP contribution in [0.3, 0.4) is 0 Å². The lowest BCUT2D eigenvalue weighted by Crippen LogP contribution is -2.53. The molecular formula is C13H23NO3. The number of ketones is 2. The van der Waals surface area contributed by atoms with Crippen LogP contribution in [0.25, 0.3) is 0 Å². The van der Waals surface area contributed by atoms with Crippen molar-refractivity contribution < 1.29 is 14.4 Å². The largest absolute Gasteiger partial charge is 0.340 e. The van der Waals surface area contributed by atoms with E-state index in [-0.39, 0.29) is 17.5 Å². The summed E-state index contributed by atoms with van der Waals surface area (Å²) in [6.45, 7) is 11.7. The molecule has 4 nitrogen and oxygen atoms in total. The van der Waals surface area contributed by atoms with Gasteiger partial charge >= 0.3 is 0 Å². The van der Waals surface area contributed by atoms with Crippen molar-refractivity contribution in [3.63, 3.8) is 0 Å². The van der Waals surface area contributed by atoms with Crippen LogP contribution >= 0.6 is 0 Å². The van der Waals surface area contributed by atoms with Crippen LogP contribution in [0.1, 0.15) is 48.5 Å². The van der Waals surface area contributed by atoms with E-state index in [1.54, 1.807) is 41.5 Å². The monoisotopic (exact) mass is 241 g/mol. The molecule has 0 rings (SSSR count). The Kier molecular flexibility index (Phi) is 4.63. The van der Waals surface area contributed by atoms with Crippen LogP contribution in [0.4, 0.5) is 0 Å². The number of Topliss-reactive ketones (excluding diaryl/α,β-unsaturated/α-hetero) is 2. The fourth-order valence-corrected chi connectivity index (χ4v) is 1.32. The van der Waals surface area contributed by atoms with Gasteiger partial charge in [0, 0.05) is 17.8 Å². The van der Waals surface area contributed by atoms with Gasteiger partial charge in [-0.1, -0.05) is 41.5 Å². The van der Waals surface area contributed by atoms with Gasteiger partial charge in [-0.05, 0) is 0 Å². The van der Waals surface area contributed by atoms with Crippen LogP contribution < -0.4 is 5.32 Å². The fraction of sp³-hybridized carbons (Fsp3) is 0.769. The summed E-state index contributed by atoms with van der Waals surface area (Å²) < 4.78 is 0. The first-order chi connectivity index (χ1) is 7.37. The van der Waals surface area contributed by atoms with Gasteiger partial charge in [-0.3, -0.25) is 14.4 Å². The van der Waals surface area contributed by atoms with E-state index in [1.165, 1.54) is 6.92 Å². The van der Waals surface area contributed by atoms with Crippen molar-refractivity contribution in [2.45, 2.75) is 54.5 Å². The Hall–Kier alpha value is -1.19. The topological polar surface area (TPSA) is 63.2 Å². The van der Waals surface area contributed by atoms with E-state index in [9.17, 15) is 14.4 Å². The zero-order valence-electron chi connectivity index (χ0n) is 11.8. The molecule has 0 fully saturated rings. The number of nitrogens with one attached hydrogen (secondary N) is 1. The van der Waals surface area contributed by atoms with Gasteiger partial charge in [0.2, 0.25) is 5.91 Å². The number of hydrogen-bond donors (Lipinski definition) is 1. The molecule has 4 heteroatoms. The Morgan fingerprint density at radius 2 is 1.12 bits per heavy atom. The van der Waals surface area contributed by atoms with Crippen molar-refractivity contribution in [3.05, 3.63) is 0 Å². The molecule has 1 amide bonds. The third-order valence-corrected chi connectivity index (χ3v) is 2.35. The molecule has 98 valence electrons. The molecule has 0 saturated carbocycles. The van der Waals surface area contributed by atoms with E-state index in [1.807, 2.05) is 0 Å². The molecule has 0 aliphatic carbocycles. The van der Waals surface area contributed by atoms with Gasteiger partial charge in [0.15, 0.2) is 11.6 Å². The van der Waals surface area contributed by atoms with Crippen molar-refractivity contribution in [2.75, 3.05) is 0 Å². The third-order valence-electron chi connectivity index (χ3n) is 2.35. The van der Waals surface area contributed by atoms with Gasteiger partial charge in [0.25, 0.3) is 0 Å². The first-order valence-electron chi connectivity index (χ1n) is 5.73. The second-order valence-corrected chi connectivity index (χ2v) is 6.36. The van der Waals surface area contributed by atoms with Gasteiger partial charge in [0.1, 0.15) is 6.04 Å². The summed E-state index contributed by atoms with van der Waals surface area (Å²) in [5.41, 5.74) is -1.32. The summed E-state index contributed by atoms with van der Waals surface area (Å²) in [7, 11) is 0. The zero-order valence-corrected chi connectivity index (χ0v) is 11.8. The molecule has 0 spiro atoms. The molecule has 0 heterocycles. The highest BCUT2D eigenvalue weighted by atomic mass is 16.2. The number of amides is 1. The number of hydrogen-bond acceptors (Lipinski definition) is 3. The van der Waals surface area contributed by atoms with Crippen molar-refractivity contribution in [3.8, 4) is 0 Å². The first-order valence-corrected chi connectivity index (χ1v) is 5.73. The molecule has 17 heavy (non-hydrogen) atoms. The average Bonchev–Trinajstić information content (AvgIpc) is 2.08. The number of carbonyl (C=O) groups excluding carboxylic acids is 3. The normalized spacial score (nSPS) is 12.5. The molecule has 0 saturated heterocycles. The van der Waals surface area contributed by atoms with Gasteiger partial charge in [0.05, 0.1) is 0 Å². The Labute approximate surface area is 103 Å². The summed E-state index contributed by atoms with van der Waals surface area (Å²) >= 11 is 0. The molecule has 0 aromatic carbocycles. The van der Waals surface area contributed by atoms with Gasteiger partial charge < -0.3 is 5.32 Å². The Balaban J connectivity index is 5.23. The van der Waals surface area contributed by atoms with Gasteiger partial charge in [-0.15, -0.1) is 0 Å². The van der Waals surface area contributed by atoms with E-state index < -0.39 is 16.9 Å². The smallest absolute Gasteiger partial charge is 0.217 e. The van der Waals surface area contributed by atoms with Crippen LogP contribution in [0.5, 0.6) is 0 Å². The quantitative estimate of drug-likeness (QED) is 0.765.